The van der Waals surface area contributed by atoms with E-state index < -0.39 is 0 Å². The summed E-state index contributed by atoms with van der Waals surface area (Å²) in [4.78, 5) is 17.2. The van der Waals surface area contributed by atoms with Crippen LogP contribution in [0, 0.1) is 0 Å². The highest BCUT2D eigenvalue weighted by Gasteiger charge is 2.34. The molecule has 0 aromatic heterocycles. The van der Waals surface area contributed by atoms with Gasteiger partial charge in [0.1, 0.15) is 5.75 Å². The maximum absolute atomic E-state index is 12.8. The van der Waals surface area contributed by atoms with Gasteiger partial charge < -0.3 is 9.64 Å². The van der Waals surface area contributed by atoms with Crippen molar-refractivity contribution in [2.24, 2.45) is 0 Å². The highest BCUT2D eigenvalue weighted by Crippen LogP contribution is 2.26. The molecule has 2 fully saturated rings. The number of nitrogens with zero attached hydrogens (tertiary/aromatic N) is 2. The molecule has 1 aromatic carbocycles. The Morgan fingerprint density at radius 1 is 1.27 bits per heavy atom. The molecule has 1 amide bonds. The molecule has 22 heavy (non-hydrogen) atoms. The highest BCUT2D eigenvalue weighted by atomic mass is 32.2. The van der Waals surface area contributed by atoms with Crippen molar-refractivity contribution < 1.29 is 9.53 Å². The van der Waals surface area contributed by atoms with Crippen molar-refractivity contribution >= 4 is 17.7 Å². The van der Waals surface area contributed by atoms with E-state index in [1.54, 1.807) is 7.11 Å². The number of rotatable bonds is 4. The van der Waals surface area contributed by atoms with E-state index in [0.717, 1.165) is 56.3 Å². The minimum absolute atomic E-state index is 0.0491. The van der Waals surface area contributed by atoms with E-state index in [1.807, 2.05) is 30.0 Å². The Morgan fingerprint density at radius 2 is 2.05 bits per heavy atom. The van der Waals surface area contributed by atoms with Crippen LogP contribution in [0.4, 0.5) is 0 Å². The Kier molecular flexibility index (Phi) is 5.26. The quantitative estimate of drug-likeness (QED) is 0.852. The second-order valence-electron chi connectivity index (χ2n) is 5.88. The molecule has 3 rings (SSSR count). The number of amides is 1. The molecule has 0 unspecified atom stereocenters. The largest absolute Gasteiger partial charge is 0.496 e. The number of benzene rings is 1. The fourth-order valence-electron chi connectivity index (χ4n) is 3.34. The fourth-order valence-corrected chi connectivity index (χ4v) is 4.25. The van der Waals surface area contributed by atoms with Gasteiger partial charge in [-0.15, -0.1) is 0 Å². The number of carbonyl (C=O) groups excluding carboxylic acids is 1. The van der Waals surface area contributed by atoms with Gasteiger partial charge in [-0.3, -0.25) is 9.69 Å². The smallest absolute Gasteiger partial charge is 0.239 e. The molecule has 2 aliphatic rings. The van der Waals surface area contributed by atoms with Gasteiger partial charge in [-0.05, 0) is 25.5 Å². The molecule has 2 heterocycles. The van der Waals surface area contributed by atoms with Crippen molar-refractivity contribution in [1.82, 2.24) is 9.80 Å². The van der Waals surface area contributed by atoms with Crippen LogP contribution in [0.1, 0.15) is 18.4 Å². The predicted octanol–water partition coefficient (Wildman–Crippen LogP) is 2.24. The minimum Gasteiger partial charge on any atom is -0.496 e. The Bertz CT molecular complexity index is 517. The number of thioether (sulfide) groups is 1. The van der Waals surface area contributed by atoms with E-state index in [0.29, 0.717) is 5.91 Å². The SMILES string of the molecule is COc1ccccc1CN1CCC[C@@H]1C(=O)N1CCSCC1. The van der Waals surface area contributed by atoms with E-state index in [4.69, 9.17) is 4.74 Å². The number of hydrogen-bond acceptors (Lipinski definition) is 4. The molecular weight excluding hydrogens is 296 g/mol. The zero-order valence-corrected chi connectivity index (χ0v) is 14.0. The number of para-hydroxylation sites is 1. The lowest BCUT2D eigenvalue weighted by Crippen LogP contribution is -2.48. The zero-order valence-electron chi connectivity index (χ0n) is 13.2. The van der Waals surface area contributed by atoms with Crippen LogP contribution < -0.4 is 4.74 Å². The van der Waals surface area contributed by atoms with E-state index >= 15 is 0 Å². The summed E-state index contributed by atoms with van der Waals surface area (Å²) in [6.07, 6.45) is 2.09. The molecule has 1 atom stereocenters. The van der Waals surface area contributed by atoms with Gasteiger partial charge in [0.25, 0.3) is 0 Å². The number of hydrogen-bond donors (Lipinski definition) is 0. The molecule has 1 aromatic rings. The fraction of sp³-hybridized carbons (Fsp3) is 0.588. The van der Waals surface area contributed by atoms with E-state index in [2.05, 4.69) is 15.9 Å². The van der Waals surface area contributed by atoms with Crippen molar-refractivity contribution in [2.45, 2.75) is 25.4 Å². The summed E-state index contributed by atoms with van der Waals surface area (Å²) in [5, 5.41) is 0. The Morgan fingerprint density at radius 3 is 2.82 bits per heavy atom. The molecule has 4 nitrogen and oxygen atoms in total. The summed E-state index contributed by atoms with van der Waals surface area (Å²) in [6, 6.07) is 8.15. The molecule has 0 aliphatic carbocycles. The Balaban J connectivity index is 1.68. The summed E-state index contributed by atoms with van der Waals surface area (Å²) >= 11 is 1.94. The number of carbonyl (C=O) groups is 1. The minimum atomic E-state index is 0.0491. The van der Waals surface area contributed by atoms with E-state index in [1.165, 1.54) is 5.56 Å². The zero-order chi connectivity index (χ0) is 15.4. The van der Waals surface area contributed by atoms with Crippen LogP contribution in [0.5, 0.6) is 5.75 Å². The molecule has 2 aliphatic heterocycles. The third-order valence-electron chi connectivity index (χ3n) is 4.54. The number of likely N-dealkylation sites (tertiary alicyclic amines) is 1. The second-order valence-corrected chi connectivity index (χ2v) is 7.10. The Hall–Kier alpha value is -1.20. The number of ether oxygens (including phenoxy) is 1. The monoisotopic (exact) mass is 320 g/mol. The van der Waals surface area contributed by atoms with Crippen LogP contribution in [0.15, 0.2) is 24.3 Å². The maximum Gasteiger partial charge on any atom is 0.239 e. The first-order valence-electron chi connectivity index (χ1n) is 8.02. The lowest BCUT2D eigenvalue weighted by Gasteiger charge is -2.32. The van der Waals surface area contributed by atoms with Crippen LogP contribution in [0.2, 0.25) is 0 Å². The van der Waals surface area contributed by atoms with Gasteiger partial charge in [-0.2, -0.15) is 11.8 Å². The summed E-state index contributed by atoms with van der Waals surface area (Å²) < 4.78 is 5.44. The molecule has 0 bridgehead atoms. The molecule has 0 N–H and O–H groups in total. The van der Waals surface area contributed by atoms with Crippen LogP contribution in [-0.4, -0.2) is 60.0 Å². The molecule has 0 saturated carbocycles. The maximum atomic E-state index is 12.8. The summed E-state index contributed by atoms with van der Waals surface area (Å²) in [7, 11) is 1.71. The summed E-state index contributed by atoms with van der Waals surface area (Å²) in [6.45, 7) is 3.60. The van der Waals surface area contributed by atoms with Crippen molar-refractivity contribution in [3.63, 3.8) is 0 Å². The first kappa shape index (κ1) is 15.7. The molecule has 0 radical (unpaired) electrons. The summed E-state index contributed by atoms with van der Waals surface area (Å²) in [5.41, 5.74) is 1.17. The molecule has 2 saturated heterocycles. The standard InChI is InChI=1S/C17H24N2O2S/c1-21-16-7-3-2-5-14(16)13-19-8-4-6-15(19)17(20)18-9-11-22-12-10-18/h2-3,5,7,15H,4,6,8-13H2,1H3/t15-/m1/s1. The van der Waals surface area contributed by atoms with Gasteiger partial charge in [0, 0.05) is 36.7 Å². The first-order chi connectivity index (χ1) is 10.8. The third kappa shape index (κ3) is 3.41. The first-order valence-corrected chi connectivity index (χ1v) is 9.17. The predicted molar refractivity (Wildman–Crippen MR) is 90.3 cm³/mol. The van der Waals surface area contributed by atoms with Crippen LogP contribution in [0.3, 0.4) is 0 Å². The molecule has 5 heteroatoms. The lowest BCUT2D eigenvalue weighted by atomic mass is 10.1. The van der Waals surface area contributed by atoms with Crippen molar-refractivity contribution in [3.8, 4) is 5.75 Å². The molecular formula is C17H24N2O2S. The van der Waals surface area contributed by atoms with E-state index in [-0.39, 0.29) is 6.04 Å². The average Bonchev–Trinajstić information content (AvgIpc) is 3.03. The van der Waals surface area contributed by atoms with Crippen LogP contribution in [0.25, 0.3) is 0 Å². The van der Waals surface area contributed by atoms with Gasteiger partial charge >= 0.3 is 0 Å². The van der Waals surface area contributed by atoms with Gasteiger partial charge in [0.2, 0.25) is 5.91 Å². The Labute approximate surface area is 136 Å². The number of methoxy groups -OCH3 is 1. The normalized spacial score (nSPS) is 22.8. The van der Waals surface area contributed by atoms with Crippen molar-refractivity contribution in [3.05, 3.63) is 29.8 Å². The average molecular weight is 320 g/mol. The highest BCUT2D eigenvalue weighted by molar-refractivity contribution is 7.99. The van der Waals surface area contributed by atoms with Crippen LogP contribution in [-0.2, 0) is 11.3 Å². The second kappa shape index (κ2) is 7.38. The van der Waals surface area contributed by atoms with Crippen LogP contribution >= 0.6 is 11.8 Å². The van der Waals surface area contributed by atoms with Gasteiger partial charge in [-0.1, -0.05) is 18.2 Å². The topological polar surface area (TPSA) is 32.8 Å². The molecule has 0 spiro atoms. The van der Waals surface area contributed by atoms with Gasteiger partial charge in [0.05, 0.1) is 13.2 Å². The van der Waals surface area contributed by atoms with Crippen molar-refractivity contribution in [2.75, 3.05) is 38.2 Å². The third-order valence-corrected chi connectivity index (χ3v) is 5.48. The van der Waals surface area contributed by atoms with E-state index in [9.17, 15) is 4.79 Å². The van der Waals surface area contributed by atoms with Gasteiger partial charge in [0.15, 0.2) is 0 Å². The summed E-state index contributed by atoms with van der Waals surface area (Å²) in [5.74, 6) is 3.39. The van der Waals surface area contributed by atoms with Gasteiger partial charge in [-0.25, -0.2) is 0 Å². The lowest BCUT2D eigenvalue weighted by molar-refractivity contribution is -0.135. The molecule has 120 valence electrons. The van der Waals surface area contributed by atoms with Crippen molar-refractivity contribution in [1.29, 1.82) is 0 Å².